The van der Waals surface area contributed by atoms with Crippen LogP contribution in [0.3, 0.4) is 0 Å². The van der Waals surface area contributed by atoms with Crippen LogP contribution in [0.15, 0.2) is 18.2 Å². The minimum absolute atomic E-state index is 0.0707. The molecule has 0 bridgehead atoms. The number of carboxylic acid groups (broad SMARTS) is 1. The highest BCUT2D eigenvalue weighted by molar-refractivity contribution is 6.42. The Bertz CT molecular complexity index is 593. The average Bonchev–Trinajstić information content (AvgIpc) is 2.84. The van der Waals surface area contributed by atoms with E-state index in [1.165, 1.54) is 4.90 Å². The van der Waals surface area contributed by atoms with Gasteiger partial charge in [0.1, 0.15) is 5.75 Å². The van der Waals surface area contributed by atoms with Gasteiger partial charge in [0.15, 0.2) is 6.10 Å². The number of aliphatic carboxylic acids is 1. The number of benzene rings is 1. The van der Waals surface area contributed by atoms with Crippen molar-refractivity contribution in [1.82, 2.24) is 4.90 Å². The van der Waals surface area contributed by atoms with Gasteiger partial charge >= 0.3 is 5.97 Å². The highest BCUT2D eigenvalue weighted by Gasteiger charge is 2.38. The normalized spacial score (nSPS) is 22.5. The number of likely N-dealkylation sites (tertiary alicyclic amines) is 1. The molecule has 1 N–H and O–H groups in total. The van der Waals surface area contributed by atoms with Crippen molar-refractivity contribution in [2.24, 2.45) is 11.8 Å². The van der Waals surface area contributed by atoms with Gasteiger partial charge in [0.05, 0.1) is 16.0 Å². The molecule has 3 atom stereocenters. The third-order valence-corrected chi connectivity index (χ3v) is 4.53. The second-order valence-electron chi connectivity index (χ2n) is 5.50. The Labute approximate surface area is 138 Å². The number of carbonyl (C=O) groups excluding carboxylic acids is 1. The summed E-state index contributed by atoms with van der Waals surface area (Å²) >= 11 is 11.7. The van der Waals surface area contributed by atoms with E-state index in [-0.39, 0.29) is 18.4 Å². The molecule has 0 aliphatic carbocycles. The van der Waals surface area contributed by atoms with Crippen molar-refractivity contribution in [2.75, 3.05) is 13.1 Å². The molecule has 1 heterocycles. The molecule has 1 aromatic carbocycles. The summed E-state index contributed by atoms with van der Waals surface area (Å²) in [7, 11) is 0. The summed E-state index contributed by atoms with van der Waals surface area (Å²) in [5.74, 6) is -1.26. The van der Waals surface area contributed by atoms with Crippen LogP contribution in [-0.2, 0) is 9.59 Å². The van der Waals surface area contributed by atoms with E-state index in [1.54, 1.807) is 25.1 Å². The second kappa shape index (κ2) is 6.75. The Kier molecular flexibility index (Phi) is 5.19. The third kappa shape index (κ3) is 3.65. The van der Waals surface area contributed by atoms with E-state index in [9.17, 15) is 9.59 Å². The van der Waals surface area contributed by atoms with Gasteiger partial charge in [-0.15, -0.1) is 0 Å². The Hall–Kier alpha value is -1.46. The molecule has 0 radical (unpaired) electrons. The number of carbonyl (C=O) groups is 2. The lowest BCUT2D eigenvalue weighted by Crippen LogP contribution is -2.39. The smallest absolute Gasteiger partial charge is 0.308 e. The maximum atomic E-state index is 12.4. The fourth-order valence-electron chi connectivity index (χ4n) is 2.53. The van der Waals surface area contributed by atoms with Gasteiger partial charge in [0.2, 0.25) is 0 Å². The molecule has 22 heavy (non-hydrogen) atoms. The summed E-state index contributed by atoms with van der Waals surface area (Å²) < 4.78 is 5.57. The molecule has 7 heteroatoms. The standard InChI is InChI=1S/C15H17Cl2NO4/c1-8-6-18(7-11(8)15(20)21)14(19)9(2)22-10-3-4-12(16)13(17)5-10/h3-5,8-9,11H,6-7H2,1-2H3,(H,20,21)/t8-,9?,11-/m1/s1. The molecular formula is C15H17Cl2NO4. The second-order valence-corrected chi connectivity index (χ2v) is 6.32. The predicted molar refractivity (Wildman–Crippen MR) is 83.4 cm³/mol. The van der Waals surface area contributed by atoms with Crippen molar-refractivity contribution in [3.63, 3.8) is 0 Å². The van der Waals surface area contributed by atoms with E-state index in [0.717, 1.165) is 0 Å². The van der Waals surface area contributed by atoms with Crippen molar-refractivity contribution in [3.8, 4) is 5.75 Å². The number of hydrogen-bond donors (Lipinski definition) is 1. The molecule has 0 saturated carbocycles. The quantitative estimate of drug-likeness (QED) is 0.910. The molecule has 1 fully saturated rings. The van der Waals surface area contributed by atoms with Gasteiger partial charge in [0, 0.05) is 19.2 Å². The summed E-state index contributed by atoms with van der Waals surface area (Å²) in [6.45, 7) is 4.09. The van der Waals surface area contributed by atoms with E-state index in [1.807, 2.05) is 6.92 Å². The van der Waals surface area contributed by atoms with Crippen molar-refractivity contribution in [2.45, 2.75) is 20.0 Å². The Morgan fingerprint density at radius 2 is 2.00 bits per heavy atom. The number of hydrogen-bond acceptors (Lipinski definition) is 3. The zero-order valence-electron chi connectivity index (χ0n) is 12.3. The van der Waals surface area contributed by atoms with Gasteiger partial charge in [-0.05, 0) is 25.0 Å². The first-order chi connectivity index (χ1) is 10.3. The van der Waals surface area contributed by atoms with Crippen LogP contribution in [0.5, 0.6) is 5.75 Å². The molecule has 0 aromatic heterocycles. The highest BCUT2D eigenvalue weighted by Crippen LogP contribution is 2.28. The Morgan fingerprint density at radius 1 is 1.32 bits per heavy atom. The fraction of sp³-hybridized carbons (Fsp3) is 0.467. The fourth-order valence-corrected chi connectivity index (χ4v) is 2.82. The largest absolute Gasteiger partial charge is 0.481 e. The summed E-state index contributed by atoms with van der Waals surface area (Å²) in [6.07, 6.45) is -0.725. The van der Waals surface area contributed by atoms with Crippen LogP contribution in [-0.4, -0.2) is 41.1 Å². The van der Waals surface area contributed by atoms with E-state index >= 15 is 0 Å². The SMILES string of the molecule is CC(Oc1ccc(Cl)c(Cl)c1)C(=O)N1C[C@@H](C)[C@H](C(=O)O)C1. The molecule has 1 aliphatic rings. The van der Waals surface area contributed by atoms with Crippen LogP contribution in [0.4, 0.5) is 0 Å². The topological polar surface area (TPSA) is 66.8 Å². The van der Waals surface area contributed by atoms with Crippen LogP contribution >= 0.6 is 23.2 Å². The number of carboxylic acids is 1. The van der Waals surface area contributed by atoms with E-state index < -0.39 is 18.0 Å². The zero-order valence-corrected chi connectivity index (χ0v) is 13.8. The minimum atomic E-state index is -0.874. The van der Waals surface area contributed by atoms with Gasteiger partial charge < -0.3 is 14.7 Å². The van der Waals surface area contributed by atoms with E-state index in [2.05, 4.69) is 0 Å². The van der Waals surface area contributed by atoms with Crippen LogP contribution in [0.2, 0.25) is 10.0 Å². The molecular weight excluding hydrogens is 329 g/mol. The summed E-state index contributed by atoms with van der Waals surface area (Å²) in [5.41, 5.74) is 0. The molecule has 1 saturated heterocycles. The number of amides is 1. The van der Waals surface area contributed by atoms with Gasteiger partial charge in [0.25, 0.3) is 5.91 Å². The van der Waals surface area contributed by atoms with Crippen LogP contribution in [0.1, 0.15) is 13.8 Å². The number of nitrogens with zero attached hydrogens (tertiary/aromatic N) is 1. The molecule has 1 aromatic rings. The number of halogens is 2. The average molecular weight is 346 g/mol. The van der Waals surface area contributed by atoms with Gasteiger partial charge in [-0.3, -0.25) is 9.59 Å². The predicted octanol–water partition coefficient (Wildman–Crippen LogP) is 2.94. The zero-order chi connectivity index (χ0) is 16.4. The lowest BCUT2D eigenvalue weighted by atomic mass is 9.99. The summed E-state index contributed by atoms with van der Waals surface area (Å²) in [6, 6.07) is 4.76. The molecule has 2 rings (SSSR count). The molecule has 5 nitrogen and oxygen atoms in total. The Morgan fingerprint density at radius 3 is 2.55 bits per heavy atom. The first-order valence-corrected chi connectivity index (χ1v) is 7.68. The van der Waals surface area contributed by atoms with Gasteiger partial charge in [-0.25, -0.2) is 0 Å². The van der Waals surface area contributed by atoms with Crippen LogP contribution < -0.4 is 4.74 Å². The third-order valence-electron chi connectivity index (χ3n) is 3.79. The summed E-state index contributed by atoms with van der Waals surface area (Å²) in [5, 5.41) is 9.87. The van der Waals surface area contributed by atoms with Crippen molar-refractivity contribution < 1.29 is 19.4 Å². The van der Waals surface area contributed by atoms with Crippen molar-refractivity contribution in [3.05, 3.63) is 28.2 Å². The molecule has 0 spiro atoms. The maximum absolute atomic E-state index is 12.4. The molecule has 1 aliphatic heterocycles. The van der Waals surface area contributed by atoms with Gasteiger partial charge in [-0.1, -0.05) is 30.1 Å². The van der Waals surface area contributed by atoms with Crippen LogP contribution in [0.25, 0.3) is 0 Å². The first-order valence-electron chi connectivity index (χ1n) is 6.93. The lowest BCUT2D eigenvalue weighted by molar-refractivity contribution is -0.142. The van der Waals surface area contributed by atoms with Gasteiger partial charge in [-0.2, -0.15) is 0 Å². The lowest BCUT2D eigenvalue weighted by Gasteiger charge is -2.21. The Balaban J connectivity index is 2.00. The van der Waals surface area contributed by atoms with Crippen LogP contribution in [0, 0.1) is 11.8 Å². The first kappa shape index (κ1) is 16.9. The maximum Gasteiger partial charge on any atom is 0.308 e. The number of rotatable bonds is 4. The summed E-state index contributed by atoms with van der Waals surface area (Å²) in [4.78, 5) is 25.0. The van der Waals surface area contributed by atoms with Crippen molar-refractivity contribution >= 4 is 35.1 Å². The van der Waals surface area contributed by atoms with E-state index in [4.69, 9.17) is 33.0 Å². The van der Waals surface area contributed by atoms with Crippen molar-refractivity contribution in [1.29, 1.82) is 0 Å². The molecule has 1 amide bonds. The molecule has 120 valence electrons. The monoisotopic (exact) mass is 345 g/mol. The molecule has 1 unspecified atom stereocenters. The highest BCUT2D eigenvalue weighted by atomic mass is 35.5. The number of ether oxygens (including phenoxy) is 1. The minimum Gasteiger partial charge on any atom is -0.481 e. The van der Waals surface area contributed by atoms with E-state index in [0.29, 0.717) is 22.3 Å².